The number of rotatable bonds is 5. The Morgan fingerprint density at radius 3 is 2.64 bits per heavy atom. The van der Waals surface area contributed by atoms with Crippen molar-refractivity contribution < 1.29 is 22.8 Å². The van der Waals surface area contributed by atoms with Crippen molar-refractivity contribution in [2.75, 3.05) is 18.4 Å². The maximum Gasteiger partial charge on any atom is 0.418 e. The van der Waals surface area contributed by atoms with Gasteiger partial charge in [0.2, 0.25) is 5.91 Å². The zero-order valence-electron chi connectivity index (χ0n) is 14.9. The summed E-state index contributed by atoms with van der Waals surface area (Å²) in [6, 6.07) is 9.57. The summed E-state index contributed by atoms with van der Waals surface area (Å²) in [5.74, 6) is -1.12. The van der Waals surface area contributed by atoms with Crippen LogP contribution in [0, 0.1) is 0 Å². The summed E-state index contributed by atoms with van der Waals surface area (Å²) in [6.07, 6.45) is -3.09. The predicted octanol–water partition coefficient (Wildman–Crippen LogP) is 3.68. The van der Waals surface area contributed by atoms with Crippen LogP contribution < -0.4 is 5.32 Å². The second kappa shape index (κ2) is 7.71. The van der Waals surface area contributed by atoms with Gasteiger partial charge in [0.05, 0.1) is 28.6 Å². The molecular formula is C19H17F3N4O2. The third-order valence-corrected chi connectivity index (χ3v) is 4.18. The first kappa shape index (κ1) is 19.4. The predicted molar refractivity (Wildman–Crippen MR) is 97.7 cm³/mol. The van der Waals surface area contributed by atoms with Crippen LogP contribution in [0.5, 0.6) is 0 Å². The zero-order valence-corrected chi connectivity index (χ0v) is 14.9. The van der Waals surface area contributed by atoms with E-state index in [1.807, 2.05) is 0 Å². The van der Waals surface area contributed by atoms with Gasteiger partial charge in [-0.2, -0.15) is 13.2 Å². The number of H-pyrrole nitrogens is 1. The van der Waals surface area contributed by atoms with Gasteiger partial charge in [0.1, 0.15) is 6.54 Å². The van der Waals surface area contributed by atoms with E-state index in [9.17, 15) is 22.8 Å². The number of hydrogen-bond donors (Lipinski definition) is 2. The number of likely N-dealkylation sites (N-methyl/N-ethyl adjacent to an activating group) is 1. The topological polar surface area (TPSA) is 78.1 Å². The number of amides is 2. The molecule has 146 valence electrons. The molecule has 0 spiro atoms. The van der Waals surface area contributed by atoms with E-state index in [1.54, 1.807) is 25.1 Å². The quantitative estimate of drug-likeness (QED) is 0.698. The van der Waals surface area contributed by atoms with Gasteiger partial charge in [-0.3, -0.25) is 9.59 Å². The molecule has 3 aromatic rings. The van der Waals surface area contributed by atoms with Crippen molar-refractivity contribution in [3.8, 4) is 0 Å². The fourth-order valence-corrected chi connectivity index (χ4v) is 2.78. The first-order valence-electron chi connectivity index (χ1n) is 8.48. The Morgan fingerprint density at radius 2 is 1.93 bits per heavy atom. The van der Waals surface area contributed by atoms with Crippen molar-refractivity contribution in [3.63, 3.8) is 0 Å². The summed E-state index contributed by atoms with van der Waals surface area (Å²) >= 11 is 0. The van der Waals surface area contributed by atoms with E-state index in [0.29, 0.717) is 16.6 Å². The Kier molecular flexibility index (Phi) is 5.34. The normalized spacial score (nSPS) is 11.4. The van der Waals surface area contributed by atoms with E-state index >= 15 is 0 Å². The second-order valence-electron chi connectivity index (χ2n) is 6.05. The van der Waals surface area contributed by atoms with E-state index in [2.05, 4.69) is 15.3 Å². The van der Waals surface area contributed by atoms with Gasteiger partial charge in [0.15, 0.2) is 0 Å². The number of alkyl halides is 3. The number of nitrogens with zero attached hydrogens (tertiary/aromatic N) is 2. The highest BCUT2D eigenvalue weighted by molar-refractivity contribution is 6.01. The van der Waals surface area contributed by atoms with Crippen LogP contribution in [-0.2, 0) is 11.0 Å². The number of aromatic amines is 1. The molecule has 0 aliphatic carbocycles. The Bertz CT molecular complexity index is 1010. The number of fused-ring (bicyclic) bond motifs is 1. The molecule has 0 saturated heterocycles. The Morgan fingerprint density at radius 1 is 1.18 bits per heavy atom. The number of carbonyl (C=O) groups excluding carboxylic acids is 2. The van der Waals surface area contributed by atoms with Crippen LogP contribution in [0.25, 0.3) is 11.0 Å². The first-order chi connectivity index (χ1) is 13.3. The lowest BCUT2D eigenvalue weighted by Crippen LogP contribution is -2.38. The molecule has 0 unspecified atom stereocenters. The third-order valence-electron chi connectivity index (χ3n) is 4.18. The van der Waals surface area contributed by atoms with Gasteiger partial charge in [-0.1, -0.05) is 12.1 Å². The Labute approximate surface area is 158 Å². The number of nitrogens with one attached hydrogen (secondary N) is 2. The van der Waals surface area contributed by atoms with Crippen LogP contribution in [0.1, 0.15) is 22.8 Å². The first-order valence-corrected chi connectivity index (χ1v) is 8.48. The van der Waals surface area contributed by atoms with Gasteiger partial charge >= 0.3 is 6.18 Å². The summed E-state index contributed by atoms with van der Waals surface area (Å²) in [6.45, 7) is 1.53. The highest BCUT2D eigenvalue weighted by atomic mass is 19.4. The molecule has 3 rings (SSSR count). The number of aromatic nitrogens is 2. The Hall–Kier alpha value is -3.36. The lowest BCUT2D eigenvalue weighted by atomic mass is 10.1. The van der Waals surface area contributed by atoms with E-state index in [-0.39, 0.29) is 18.8 Å². The van der Waals surface area contributed by atoms with Crippen molar-refractivity contribution in [3.05, 3.63) is 59.9 Å². The Balaban J connectivity index is 1.74. The van der Waals surface area contributed by atoms with Crippen molar-refractivity contribution in [1.29, 1.82) is 0 Å². The molecule has 6 nitrogen and oxygen atoms in total. The van der Waals surface area contributed by atoms with E-state index in [1.165, 1.54) is 29.4 Å². The van der Waals surface area contributed by atoms with E-state index in [0.717, 1.165) is 6.07 Å². The van der Waals surface area contributed by atoms with Gasteiger partial charge in [-0.15, -0.1) is 0 Å². The highest BCUT2D eigenvalue weighted by Crippen LogP contribution is 2.34. The second-order valence-corrected chi connectivity index (χ2v) is 6.05. The van der Waals surface area contributed by atoms with Crippen LogP contribution in [-0.4, -0.2) is 39.8 Å². The van der Waals surface area contributed by atoms with Crippen LogP contribution in [0.4, 0.5) is 18.9 Å². The fourth-order valence-electron chi connectivity index (χ4n) is 2.78. The number of carbonyl (C=O) groups is 2. The molecule has 1 aromatic heterocycles. The van der Waals surface area contributed by atoms with Crippen molar-refractivity contribution >= 4 is 28.5 Å². The SMILES string of the molecule is CCN(CC(=O)Nc1ccccc1C(F)(F)F)C(=O)c1ccc2nc[nH]c2c1. The van der Waals surface area contributed by atoms with Gasteiger partial charge in [0.25, 0.3) is 5.91 Å². The average Bonchev–Trinajstić information content (AvgIpc) is 3.13. The molecular weight excluding hydrogens is 373 g/mol. The zero-order chi connectivity index (χ0) is 20.3. The third kappa shape index (κ3) is 4.13. The fraction of sp³-hybridized carbons (Fsp3) is 0.211. The minimum absolute atomic E-state index is 0.216. The van der Waals surface area contributed by atoms with E-state index in [4.69, 9.17) is 0 Å². The number of benzene rings is 2. The van der Waals surface area contributed by atoms with Crippen molar-refractivity contribution in [1.82, 2.24) is 14.9 Å². The molecule has 28 heavy (non-hydrogen) atoms. The summed E-state index contributed by atoms with van der Waals surface area (Å²) < 4.78 is 39.2. The van der Waals surface area contributed by atoms with E-state index < -0.39 is 23.6 Å². The summed E-state index contributed by atoms with van der Waals surface area (Å²) in [5.41, 5.74) is 0.429. The smallest absolute Gasteiger partial charge is 0.345 e. The lowest BCUT2D eigenvalue weighted by molar-refractivity contribution is -0.137. The molecule has 0 saturated carbocycles. The van der Waals surface area contributed by atoms with Gasteiger partial charge in [0, 0.05) is 12.1 Å². The van der Waals surface area contributed by atoms with Crippen LogP contribution in [0.2, 0.25) is 0 Å². The number of para-hydroxylation sites is 1. The average molecular weight is 390 g/mol. The van der Waals surface area contributed by atoms with Crippen molar-refractivity contribution in [2.45, 2.75) is 13.1 Å². The number of imidazole rings is 1. The summed E-state index contributed by atoms with van der Waals surface area (Å²) in [4.78, 5) is 33.2. The van der Waals surface area contributed by atoms with Crippen LogP contribution in [0.15, 0.2) is 48.8 Å². The molecule has 2 aromatic carbocycles. The molecule has 2 amide bonds. The number of halogens is 3. The summed E-state index contributed by atoms with van der Waals surface area (Å²) in [5, 5.41) is 2.24. The molecule has 9 heteroatoms. The number of hydrogen-bond acceptors (Lipinski definition) is 3. The molecule has 0 bridgehead atoms. The highest BCUT2D eigenvalue weighted by Gasteiger charge is 2.33. The van der Waals surface area contributed by atoms with Crippen LogP contribution in [0.3, 0.4) is 0 Å². The number of anilines is 1. The lowest BCUT2D eigenvalue weighted by Gasteiger charge is -2.21. The largest absolute Gasteiger partial charge is 0.418 e. The minimum atomic E-state index is -4.59. The maximum atomic E-state index is 13.1. The molecule has 0 radical (unpaired) electrons. The van der Waals surface area contributed by atoms with Gasteiger partial charge in [-0.05, 0) is 37.3 Å². The molecule has 0 aliphatic heterocycles. The monoisotopic (exact) mass is 390 g/mol. The molecule has 2 N–H and O–H groups in total. The molecule has 0 aliphatic rings. The van der Waals surface area contributed by atoms with Gasteiger partial charge < -0.3 is 15.2 Å². The molecule has 1 heterocycles. The maximum absolute atomic E-state index is 13.1. The van der Waals surface area contributed by atoms with Gasteiger partial charge in [-0.25, -0.2) is 4.98 Å². The molecule has 0 fully saturated rings. The molecule has 0 atom stereocenters. The minimum Gasteiger partial charge on any atom is -0.345 e. The summed E-state index contributed by atoms with van der Waals surface area (Å²) in [7, 11) is 0. The van der Waals surface area contributed by atoms with Crippen LogP contribution >= 0.6 is 0 Å². The van der Waals surface area contributed by atoms with Crippen molar-refractivity contribution in [2.24, 2.45) is 0 Å². The standard InChI is InChI=1S/C19H17F3N4O2/c1-2-26(18(28)12-7-8-15-16(9-12)24-11-23-15)10-17(27)25-14-6-4-3-5-13(14)19(20,21)22/h3-9,11H,2,10H2,1H3,(H,23,24)(H,25,27).